The first-order valence-corrected chi connectivity index (χ1v) is 7.77. The number of carbonyl (C=O) groups is 2. The van der Waals surface area contributed by atoms with Crippen LogP contribution in [0.4, 0.5) is 4.79 Å². The van der Waals surface area contributed by atoms with Gasteiger partial charge >= 0.3 is 12.0 Å². The number of rotatable bonds is 2. The number of hydrogen-bond acceptors (Lipinski definition) is 2. The van der Waals surface area contributed by atoms with Crippen LogP contribution in [-0.4, -0.2) is 40.1 Å². The van der Waals surface area contributed by atoms with Gasteiger partial charge in [-0.2, -0.15) is 0 Å². The van der Waals surface area contributed by atoms with Gasteiger partial charge in [-0.25, -0.2) is 9.59 Å². The van der Waals surface area contributed by atoms with E-state index in [1.165, 1.54) is 0 Å². The van der Waals surface area contributed by atoms with E-state index in [-0.39, 0.29) is 12.1 Å². The Kier molecular flexibility index (Phi) is 4.55. The van der Waals surface area contributed by atoms with E-state index in [0.29, 0.717) is 18.8 Å². The lowest BCUT2D eigenvalue weighted by atomic mass is 9.76. The number of carbonyl (C=O) groups excluding carboxylic acids is 1. The lowest BCUT2D eigenvalue weighted by Crippen LogP contribution is -2.61. The molecule has 2 N–H and O–H groups in total. The highest BCUT2D eigenvalue weighted by atomic mass is 16.4. The Morgan fingerprint density at radius 3 is 2.55 bits per heavy atom. The van der Waals surface area contributed by atoms with Crippen LogP contribution in [0.25, 0.3) is 0 Å². The largest absolute Gasteiger partial charge is 0.480 e. The van der Waals surface area contributed by atoms with Crippen molar-refractivity contribution in [2.75, 3.05) is 6.54 Å². The van der Waals surface area contributed by atoms with Gasteiger partial charge in [-0.1, -0.05) is 19.8 Å². The summed E-state index contributed by atoms with van der Waals surface area (Å²) in [5, 5.41) is 12.4. The molecule has 2 amide bonds. The molecule has 3 atom stereocenters. The zero-order valence-corrected chi connectivity index (χ0v) is 12.5. The minimum Gasteiger partial charge on any atom is -0.480 e. The summed E-state index contributed by atoms with van der Waals surface area (Å²) in [6.45, 7) is 4.83. The molecule has 2 fully saturated rings. The predicted octanol–water partition coefficient (Wildman–Crippen LogP) is 2.60. The van der Waals surface area contributed by atoms with E-state index >= 15 is 0 Å². The first-order valence-electron chi connectivity index (χ1n) is 7.77. The third kappa shape index (κ3) is 3.07. The Bertz CT molecular complexity index is 385. The Morgan fingerprint density at radius 2 is 1.95 bits per heavy atom. The monoisotopic (exact) mass is 282 g/mol. The maximum Gasteiger partial charge on any atom is 0.329 e. The highest BCUT2D eigenvalue weighted by molar-refractivity contribution is 5.86. The number of aliphatic carboxylic acids is 1. The summed E-state index contributed by atoms with van der Waals surface area (Å²) >= 11 is 0. The molecule has 0 aromatic heterocycles. The average molecular weight is 282 g/mol. The number of hydrogen-bond donors (Lipinski definition) is 2. The summed E-state index contributed by atoms with van der Waals surface area (Å²) in [5.74, 6) is -0.541. The lowest BCUT2D eigenvalue weighted by molar-refractivity contribution is -0.146. The second-order valence-corrected chi connectivity index (χ2v) is 6.56. The fourth-order valence-corrected chi connectivity index (χ4v) is 3.59. The zero-order chi connectivity index (χ0) is 14.8. The van der Waals surface area contributed by atoms with E-state index in [1.807, 2.05) is 6.92 Å². The smallest absolute Gasteiger partial charge is 0.329 e. The minimum absolute atomic E-state index is 0.200. The van der Waals surface area contributed by atoms with Crippen LogP contribution in [0.1, 0.15) is 58.8 Å². The van der Waals surface area contributed by atoms with Crippen LogP contribution in [0.5, 0.6) is 0 Å². The van der Waals surface area contributed by atoms with Gasteiger partial charge in [0.15, 0.2) is 0 Å². The molecule has 20 heavy (non-hydrogen) atoms. The molecular weight excluding hydrogens is 256 g/mol. The molecule has 1 aliphatic heterocycles. The molecule has 114 valence electrons. The van der Waals surface area contributed by atoms with Crippen LogP contribution in [0, 0.1) is 5.92 Å². The number of urea groups is 1. The summed E-state index contributed by atoms with van der Waals surface area (Å²) in [7, 11) is 0. The fraction of sp³-hybridized carbons (Fsp3) is 0.867. The third-order valence-corrected chi connectivity index (χ3v) is 4.82. The van der Waals surface area contributed by atoms with Crippen LogP contribution >= 0.6 is 0 Å². The van der Waals surface area contributed by atoms with Gasteiger partial charge in [0.25, 0.3) is 0 Å². The number of amides is 2. The van der Waals surface area contributed by atoms with Crippen LogP contribution in [-0.2, 0) is 4.79 Å². The number of carboxylic acid groups (broad SMARTS) is 1. The van der Waals surface area contributed by atoms with E-state index in [0.717, 1.165) is 38.6 Å². The highest BCUT2D eigenvalue weighted by Gasteiger charge is 2.44. The SMILES string of the molecule is CC1CCCC(NC(=O)N2CCCCC2C)(C(=O)O)C1. The first-order chi connectivity index (χ1) is 9.44. The molecule has 2 rings (SSSR count). The van der Waals surface area contributed by atoms with Gasteiger partial charge in [0.1, 0.15) is 5.54 Å². The predicted molar refractivity (Wildman–Crippen MR) is 76.5 cm³/mol. The van der Waals surface area contributed by atoms with Crippen molar-refractivity contribution in [3.63, 3.8) is 0 Å². The molecule has 5 nitrogen and oxygen atoms in total. The highest BCUT2D eigenvalue weighted by Crippen LogP contribution is 2.33. The second kappa shape index (κ2) is 6.02. The molecule has 0 spiro atoms. The molecule has 1 aliphatic carbocycles. The van der Waals surface area contributed by atoms with Crippen LogP contribution < -0.4 is 5.32 Å². The first kappa shape index (κ1) is 15.1. The maximum atomic E-state index is 12.4. The van der Waals surface area contributed by atoms with Crippen molar-refractivity contribution in [2.24, 2.45) is 5.92 Å². The summed E-state index contributed by atoms with van der Waals surface area (Å²) in [6.07, 6.45) is 6.15. The van der Waals surface area contributed by atoms with Crippen LogP contribution in [0.15, 0.2) is 0 Å². The molecule has 1 heterocycles. The topological polar surface area (TPSA) is 69.6 Å². The maximum absolute atomic E-state index is 12.4. The van der Waals surface area contributed by atoms with Gasteiger partial charge in [-0.15, -0.1) is 0 Å². The average Bonchev–Trinajstić information content (AvgIpc) is 2.38. The van der Waals surface area contributed by atoms with E-state index < -0.39 is 11.5 Å². The number of nitrogens with zero attached hydrogens (tertiary/aromatic N) is 1. The van der Waals surface area contributed by atoms with Gasteiger partial charge in [-0.05, 0) is 44.9 Å². The summed E-state index contributed by atoms with van der Waals surface area (Å²) < 4.78 is 0. The third-order valence-electron chi connectivity index (χ3n) is 4.82. The van der Waals surface area contributed by atoms with Crippen molar-refractivity contribution < 1.29 is 14.7 Å². The quantitative estimate of drug-likeness (QED) is 0.818. The van der Waals surface area contributed by atoms with E-state index in [4.69, 9.17) is 0 Å². The summed E-state index contributed by atoms with van der Waals surface area (Å²) in [6, 6.07) is 0.00399. The van der Waals surface area contributed by atoms with Crippen molar-refractivity contribution in [1.29, 1.82) is 0 Å². The number of piperidine rings is 1. The van der Waals surface area contributed by atoms with E-state index in [2.05, 4.69) is 12.2 Å². The molecular formula is C15H26N2O3. The van der Waals surface area contributed by atoms with Gasteiger partial charge in [-0.3, -0.25) is 0 Å². The molecule has 1 saturated carbocycles. The fourth-order valence-electron chi connectivity index (χ4n) is 3.59. The molecule has 1 saturated heterocycles. The number of nitrogens with one attached hydrogen (secondary N) is 1. The van der Waals surface area contributed by atoms with Crippen molar-refractivity contribution in [3.8, 4) is 0 Å². The van der Waals surface area contributed by atoms with Crippen LogP contribution in [0.3, 0.4) is 0 Å². The second-order valence-electron chi connectivity index (χ2n) is 6.56. The molecule has 0 aromatic rings. The molecule has 0 aromatic carbocycles. The molecule has 2 aliphatic rings. The lowest BCUT2D eigenvalue weighted by Gasteiger charge is -2.40. The van der Waals surface area contributed by atoms with Gasteiger partial charge in [0, 0.05) is 12.6 Å². The van der Waals surface area contributed by atoms with E-state index in [9.17, 15) is 14.7 Å². The van der Waals surface area contributed by atoms with Crippen molar-refractivity contribution >= 4 is 12.0 Å². The van der Waals surface area contributed by atoms with Crippen molar-refractivity contribution in [2.45, 2.75) is 70.4 Å². The standard InChI is InChI=1S/C15H26N2O3/c1-11-6-5-8-15(10-11,13(18)19)16-14(20)17-9-4-3-7-12(17)2/h11-12H,3-10H2,1-2H3,(H,16,20)(H,18,19). The van der Waals surface area contributed by atoms with Gasteiger partial charge in [0.2, 0.25) is 0 Å². The Hall–Kier alpha value is -1.26. The Balaban J connectivity index is 2.07. The Labute approximate surface area is 120 Å². The molecule has 0 radical (unpaired) electrons. The number of likely N-dealkylation sites (tertiary alicyclic amines) is 1. The van der Waals surface area contributed by atoms with Gasteiger partial charge < -0.3 is 15.3 Å². The molecule has 5 heteroatoms. The van der Waals surface area contributed by atoms with Crippen molar-refractivity contribution in [1.82, 2.24) is 10.2 Å². The number of carboxylic acids is 1. The zero-order valence-electron chi connectivity index (χ0n) is 12.5. The van der Waals surface area contributed by atoms with Gasteiger partial charge in [0.05, 0.1) is 0 Å². The van der Waals surface area contributed by atoms with E-state index in [1.54, 1.807) is 4.90 Å². The van der Waals surface area contributed by atoms with Crippen LogP contribution in [0.2, 0.25) is 0 Å². The molecule has 0 bridgehead atoms. The minimum atomic E-state index is -1.06. The Morgan fingerprint density at radius 1 is 1.20 bits per heavy atom. The normalized spacial score (nSPS) is 34.6. The summed E-state index contributed by atoms with van der Waals surface area (Å²) in [5.41, 5.74) is -1.06. The summed E-state index contributed by atoms with van der Waals surface area (Å²) in [4.78, 5) is 25.9. The van der Waals surface area contributed by atoms with Crippen molar-refractivity contribution in [3.05, 3.63) is 0 Å². The molecule has 3 unspecified atom stereocenters.